The number of aryl methyl sites for hydroxylation is 2. The Morgan fingerprint density at radius 3 is 1.67 bits per heavy atom. The Labute approximate surface area is 138 Å². The quantitative estimate of drug-likeness (QED) is 0.688. The lowest BCUT2D eigenvalue weighted by molar-refractivity contribution is 0.256. The second-order valence-electron chi connectivity index (χ2n) is 5.02. The summed E-state index contributed by atoms with van der Waals surface area (Å²) >= 11 is 0. The monoisotopic (exact) mass is 322 g/mol. The van der Waals surface area contributed by atoms with E-state index in [1.165, 1.54) is 17.1 Å². The molecule has 2 N–H and O–H groups in total. The average molecular weight is 322 g/mol. The molecule has 0 fully saturated rings. The third kappa shape index (κ3) is 3.44. The van der Waals surface area contributed by atoms with Crippen LogP contribution in [0.15, 0.2) is 46.4 Å². The Morgan fingerprint density at radius 2 is 1.33 bits per heavy atom. The predicted octanol–water partition coefficient (Wildman–Crippen LogP) is 3.45. The van der Waals surface area contributed by atoms with Crippen LogP contribution >= 0.6 is 0 Å². The maximum atomic E-state index is 11.9. The van der Waals surface area contributed by atoms with Gasteiger partial charge in [0.05, 0.1) is 22.7 Å². The molecular weight excluding hydrogens is 308 g/mol. The molecule has 24 heavy (non-hydrogen) atoms. The number of hydrogen-bond acceptors (Lipinski definition) is 5. The van der Waals surface area contributed by atoms with E-state index in [0.717, 1.165) is 11.1 Å². The molecule has 2 aromatic rings. The topological polar surface area (TPSA) is 105 Å². The van der Waals surface area contributed by atoms with E-state index in [4.69, 9.17) is 5.73 Å². The van der Waals surface area contributed by atoms with Crippen LogP contribution in [0.5, 0.6) is 0 Å². The van der Waals surface area contributed by atoms with E-state index in [2.05, 4.69) is 9.98 Å². The second-order valence-corrected chi connectivity index (χ2v) is 5.02. The summed E-state index contributed by atoms with van der Waals surface area (Å²) in [5.41, 5.74) is 8.61. The van der Waals surface area contributed by atoms with Gasteiger partial charge in [-0.15, -0.1) is 0 Å². The highest BCUT2D eigenvalue weighted by Gasteiger charge is 2.17. The molecule has 0 unspecified atom stereocenters. The summed E-state index contributed by atoms with van der Waals surface area (Å²) in [6.45, 7) is 3.55. The first-order valence-corrected chi connectivity index (χ1v) is 6.94. The van der Waals surface area contributed by atoms with Crippen LogP contribution < -0.4 is 10.6 Å². The SMILES string of the molecule is Cc1ccc(N(C(N)=O)c2ccc(C)c(N=C=O)c2)cc1N=C=O. The van der Waals surface area contributed by atoms with Gasteiger partial charge in [0.2, 0.25) is 12.2 Å². The molecule has 0 saturated heterocycles. The first-order chi connectivity index (χ1) is 11.5. The number of nitrogens with zero attached hydrogens (tertiary/aromatic N) is 3. The lowest BCUT2D eigenvalue weighted by Gasteiger charge is -2.22. The number of rotatable bonds is 4. The Bertz CT molecular complexity index is 827. The molecule has 0 atom stereocenters. The van der Waals surface area contributed by atoms with Crippen molar-refractivity contribution in [2.75, 3.05) is 4.90 Å². The molecule has 7 nitrogen and oxygen atoms in total. The Balaban J connectivity index is 2.61. The van der Waals surface area contributed by atoms with Crippen LogP contribution in [0.4, 0.5) is 27.5 Å². The molecule has 0 aliphatic rings. The van der Waals surface area contributed by atoms with Gasteiger partial charge in [-0.05, 0) is 49.2 Å². The van der Waals surface area contributed by atoms with E-state index in [1.54, 1.807) is 50.2 Å². The average Bonchev–Trinajstić information content (AvgIpc) is 2.54. The third-order valence-electron chi connectivity index (χ3n) is 3.45. The number of hydrogen-bond donors (Lipinski definition) is 1. The summed E-state index contributed by atoms with van der Waals surface area (Å²) in [6, 6.07) is 9.13. The molecule has 120 valence electrons. The summed E-state index contributed by atoms with van der Waals surface area (Å²) in [6.07, 6.45) is 2.95. The van der Waals surface area contributed by atoms with Gasteiger partial charge in [0.25, 0.3) is 0 Å². The van der Waals surface area contributed by atoms with Crippen molar-refractivity contribution in [1.29, 1.82) is 0 Å². The summed E-state index contributed by atoms with van der Waals surface area (Å²) in [5.74, 6) is 0. The summed E-state index contributed by atoms with van der Waals surface area (Å²) < 4.78 is 0. The lowest BCUT2D eigenvalue weighted by atomic mass is 10.1. The Kier molecular flexibility index (Phi) is 5.02. The molecule has 0 saturated carbocycles. The molecule has 7 heteroatoms. The molecule has 2 aromatic carbocycles. The van der Waals surface area contributed by atoms with Gasteiger partial charge >= 0.3 is 6.03 Å². The van der Waals surface area contributed by atoms with Crippen LogP contribution in [0.2, 0.25) is 0 Å². The van der Waals surface area contributed by atoms with E-state index >= 15 is 0 Å². The van der Waals surface area contributed by atoms with Gasteiger partial charge in [0.1, 0.15) is 0 Å². The maximum Gasteiger partial charge on any atom is 0.323 e. The summed E-state index contributed by atoms with van der Waals surface area (Å²) in [5, 5.41) is 0. The second kappa shape index (κ2) is 7.15. The zero-order valence-corrected chi connectivity index (χ0v) is 13.1. The minimum Gasteiger partial charge on any atom is -0.351 e. The molecule has 0 radical (unpaired) electrons. The highest BCUT2D eigenvalue weighted by molar-refractivity contribution is 5.99. The van der Waals surface area contributed by atoms with Crippen molar-refractivity contribution in [3.63, 3.8) is 0 Å². The molecule has 0 aromatic heterocycles. The van der Waals surface area contributed by atoms with Gasteiger partial charge in [-0.25, -0.2) is 14.4 Å². The molecular formula is C17H14N4O3. The van der Waals surface area contributed by atoms with Crippen molar-refractivity contribution in [3.8, 4) is 0 Å². The zero-order chi connectivity index (χ0) is 17.7. The van der Waals surface area contributed by atoms with Gasteiger partial charge in [0, 0.05) is 0 Å². The molecule has 0 spiro atoms. The van der Waals surface area contributed by atoms with Crippen molar-refractivity contribution in [2.45, 2.75) is 13.8 Å². The van der Waals surface area contributed by atoms with Crippen LogP contribution in [0.3, 0.4) is 0 Å². The molecule has 2 rings (SSSR count). The van der Waals surface area contributed by atoms with Crippen molar-refractivity contribution >= 4 is 40.9 Å². The number of urea groups is 1. The first-order valence-electron chi connectivity index (χ1n) is 6.94. The van der Waals surface area contributed by atoms with Gasteiger partial charge < -0.3 is 5.73 Å². The molecule has 0 heterocycles. The fourth-order valence-corrected chi connectivity index (χ4v) is 2.22. The van der Waals surface area contributed by atoms with E-state index in [9.17, 15) is 14.4 Å². The normalized spacial score (nSPS) is 9.58. The number of primary amides is 1. The van der Waals surface area contributed by atoms with Gasteiger partial charge in [-0.3, -0.25) is 4.90 Å². The first kappa shape index (κ1) is 16.8. The number of benzene rings is 2. The lowest BCUT2D eigenvalue weighted by Crippen LogP contribution is -2.31. The largest absolute Gasteiger partial charge is 0.351 e. The number of nitrogens with two attached hydrogens (primary N) is 1. The maximum absolute atomic E-state index is 11.9. The number of aliphatic imine (C=N–C) groups is 2. The van der Waals surface area contributed by atoms with Crippen LogP contribution in [-0.2, 0) is 9.59 Å². The van der Waals surface area contributed by atoms with Gasteiger partial charge in [-0.1, -0.05) is 12.1 Å². The Morgan fingerprint density at radius 1 is 0.917 bits per heavy atom. The van der Waals surface area contributed by atoms with Crippen molar-refractivity contribution in [3.05, 3.63) is 47.5 Å². The Hall–Kier alpha value is -3.53. The van der Waals surface area contributed by atoms with Crippen molar-refractivity contribution in [1.82, 2.24) is 0 Å². The summed E-state index contributed by atoms with van der Waals surface area (Å²) in [7, 11) is 0. The van der Waals surface area contributed by atoms with Crippen LogP contribution in [0, 0.1) is 13.8 Å². The molecule has 2 amide bonds. The molecule has 0 aliphatic heterocycles. The van der Waals surface area contributed by atoms with Gasteiger partial charge in [0.15, 0.2) is 0 Å². The van der Waals surface area contributed by atoms with Crippen molar-refractivity contribution < 1.29 is 14.4 Å². The van der Waals surface area contributed by atoms with Crippen LogP contribution in [-0.4, -0.2) is 18.2 Å². The van der Waals surface area contributed by atoms with Crippen LogP contribution in [0.25, 0.3) is 0 Å². The highest BCUT2D eigenvalue weighted by atomic mass is 16.2. The van der Waals surface area contributed by atoms with Crippen LogP contribution in [0.1, 0.15) is 11.1 Å². The highest BCUT2D eigenvalue weighted by Crippen LogP contribution is 2.33. The van der Waals surface area contributed by atoms with Crippen molar-refractivity contribution in [2.24, 2.45) is 15.7 Å². The smallest absolute Gasteiger partial charge is 0.323 e. The van der Waals surface area contributed by atoms with E-state index < -0.39 is 6.03 Å². The standard InChI is InChI=1S/C17H14N4O3/c1-11-3-5-13(7-15(11)19-9-22)21(17(18)24)14-6-4-12(2)16(8-14)20-10-23/h3-8H,1-2H3,(H2,18,24). The molecule has 0 aliphatic carbocycles. The number of amides is 2. The molecule has 0 bridgehead atoms. The van der Waals surface area contributed by atoms with E-state index in [1.807, 2.05) is 0 Å². The number of anilines is 2. The minimum absolute atomic E-state index is 0.381. The predicted molar refractivity (Wildman–Crippen MR) is 89.6 cm³/mol. The fraction of sp³-hybridized carbons (Fsp3) is 0.118. The minimum atomic E-state index is -0.732. The zero-order valence-electron chi connectivity index (χ0n) is 13.1. The third-order valence-corrected chi connectivity index (χ3v) is 3.45. The van der Waals surface area contributed by atoms with E-state index in [0.29, 0.717) is 22.7 Å². The summed E-state index contributed by atoms with van der Waals surface area (Å²) in [4.78, 5) is 41.4. The number of isocyanates is 2. The van der Waals surface area contributed by atoms with E-state index in [-0.39, 0.29) is 0 Å². The van der Waals surface area contributed by atoms with Gasteiger partial charge in [-0.2, -0.15) is 9.98 Å². The number of carbonyl (C=O) groups excluding carboxylic acids is 3. The fourth-order valence-electron chi connectivity index (χ4n) is 2.22. The number of carbonyl (C=O) groups is 1.